The molecule has 27 heavy (non-hydrogen) atoms. The van der Waals surface area contributed by atoms with E-state index in [0.29, 0.717) is 23.5 Å². The number of hydrogen-bond acceptors (Lipinski definition) is 5. The zero-order valence-electron chi connectivity index (χ0n) is 15.8. The van der Waals surface area contributed by atoms with E-state index in [1.54, 1.807) is 18.2 Å². The molecule has 0 bridgehead atoms. The van der Waals surface area contributed by atoms with Crippen molar-refractivity contribution in [3.63, 3.8) is 0 Å². The van der Waals surface area contributed by atoms with Crippen LogP contribution in [0.2, 0.25) is 0 Å². The van der Waals surface area contributed by atoms with Crippen LogP contribution in [0.1, 0.15) is 49.5 Å². The Labute approximate surface area is 158 Å². The van der Waals surface area contributed by atoms with Gasteiger partial charge in [0.05, 0.1) is 6.54 Å². The fourth-order valence-electron chi connectivity index (χ4n) is 3.31. The summed E-state index contributed by atoms with van der Waals surface area (Å²) in [7, 11) is 0. The summed E-state index contributed by atoms with van der Waals surface area (Å²) in [4.78, 5) is 37.8. The molecule has 0 radical (unpaired) electrons. The highest BCUT2D eigenvalue weighted by Gasteiger charge is 2.40. The van der Waals surface area contributed by atoms with Crippen molar-refractivity contribution in [3.05, 3.63) is 41.7 Å². The average molecular weight is 372 g/mol. The SMILES string of the molecule is C=C(COc1cccc2c1CN(C1CCC(=O)NC1=O)C2=O)OC(C)(C)C. The second-order valence-electron chi connectivity index (χ2n) is 7.72. The highest BCUT2D eigenvalue weighted by atomic mass is 16.5. The largest absolute Gasteiger partial charge is 0.489 e. The van der Waals surface area contributed by atoms with E-state index in [2.05, 4.69) is 11.9 Å². The summed E-state index contributed by atoms with van der Waals surface area (Å²) in [5.74, 6) is 0.0964. The van der Waals surface area contributed by atoms with Gasteiger partial charge < -0.3 is 14.4 Å². The molecular formula is C20H24N2O5. The summed E-state index contributed by atoms with van der Waals surface area (Å²) in [6.45, 7) is 10.1. The smallest absolute Gasteiger partial charge is 0.255 e. The number of ether oxygens (including phenoxy) is 2. The lowest BCUT2D eigenvalue weighted by atomic mass is 10.0. The standard InChI is InChI=1S/C20H24N2O5/c1-12(27-20(2,3)4)11-26-16-7-5-6-13-14(16)10-22(19(13)25)15-8-9-17(23)21-18(15)24/h5-7,15H,1,8-11H2,2-4H3,(H,21,23,24). The van der Waals surface area contributed by atoms with Gasteiger partial charge in [-0.3, -0.25) is 19.7 Å². The predicted octanol–water partition coefficient (Wildman–Crippen LogP) is 2.16. The number of carbonyl (C=O) groups excluding carboxylic acids is 3. The van der Waals surface area contributed by atoms with Crippen molar-refractivity contribution >= 4 is 17.7 Å². The summed E-state index contributed by atoms with van der Waals surface area (Å²) in [6, 6.07) is 4.60. The van der Waals surface area contributed by atoms with Gasteiger partial charge in [-0.2, -0.15) is 0 Å². The molecule has 2 aliphatic heterocycles. The van der Waals surface area contributed by atoms with E-state index < -0.39 is 11.9 Å². The molecule has 1 aromatic rings. The van der Waals surface area contributed by atoms with Gasteiger partial charge in [0.1, 0.15) is 29.8 Å². The van der Waals surface area contributed by atoms with Crippen LogP contribution in [0.15, 0.2) is 30.5 Å². The van der Waals surface area contributed by atoms with Gasteiger partial charge in [0.2, 0.25) is 11.8 Å². The fraction of sp³-hybridized carbons (Fsp3) is 0.450. The highest BCUT2D eigenvalue weighted by molar-refractivity contribution is 6.05. The lowest BCUT2D eigenvalue weighted by Gasteiger charge is -2.29. The molecule has 7 heteroatoms. The molecule has 2 heterocycles. The fourth-order valence-corrected chi connectivity index (χ4v) is 3.31. The Kier molecular flexibility index (Phi) is 4.95. The maximum absolute atomic E-state index is 12.8. The normalized spacial score (nSPS) is 19.6. The minimum Gasteiger partial charge on any atom is -0.489 e. The van der Waals surface area contributed by atoms with E-state index in [4.69, 9.17) is 9.47 Å². The molecule has 0 aliphatic carbocycles. The summed E-state index contributed by atoms with van der Waals surface area (Å²) >= 11 is 0. The zero-order chi connectivity index (χ0) is 19.8. The number of benzene rings is 1. The van der Waals surface area contributed by atoms with E-state index in [9.17, 15) is 14.4 Å². The van der Waals surface area contributed by atoms with E-state index >= 15 is 0 Å². The molecule has 1 atom stereocenters. The molecule has 144 valence electrons. The maximum Gasteiger partial charge on any atom is 0.255 e. The molecule has 1 N–H and O–H groups in total. The van der Waals surface area contributed by atoms with Crippen molar-refractivity contribution in [1.29, 1.82) is 0 Å². The second kappa shape index (κ2) is 7.06. The number of imide groups is 1. The van der Waals surface area contributed by atoms with Crippen LogP contribution in [0.3, 0.4) is 0 Å². The van der Waals surface area contributed by atoms with Crippen LogP contribution in [0, 0.1) is 0 Å². The molecule has 1 unspecified atom stereocenters. The van der Waals surface area contributed by atoms with Crippen molar-refractivity contribution < 1.29 is 23.9 Å². The predicted molar refractivity (Wildman–Crippen MR) is 98.0 cm³/mol. The summed E-state index contributed by atoms with van der Waals surface area (Å²) < 4.78 is 11.5. The lowest BCUT2D eigenvalue weighted by molar-refractivity contribution is -0.136. The number of amides is 3. The van der Waals surface area contributed by atoms with E-state index in [1.165, 1.54) is 4.90 Å². The topological polar surface area (TPSA) is 84.9 Å². The molecule has 1 saturated heterocycles. The highest BCUT2D eigenvalue weighted by Crippen LogP contribution is 2.33. The first-order chi connectivity index (χ1) is 12.7. The van der Waals surface area contributed by atoms with E-state index in [0.717, 1.165) is 5.56 Å². The minimum atomic E-state index is -0.644. The number of fused-ring (bicyclic) bond motifs is 1. The maximum atomic E-state index is 12.8. The summed E-state index contributed by atoms with van der Waals surface area (Å²) in [6.07, 6.45) is 0.556. The Morgan fingerprint density at radius 3 is 2.70 bits per heavy atom. The number of nitrogens with one attached hydrogen (secondary N) is 1. The monoisotopic (exact) mass is 372 g/mol. The van der Waals surface area contributed by atoms with Gasteiger partial charge in [-0.25, -0.2) is 0 Å². The molecule has 1 fully saturated rings. The van der Waals surface area contributed by atoms with Crippen LogP contribution in [0.5, 0.6) is 5.75 Å². The Bertz CT molecular complexity index is 809. The zero-order valence-corrected chi connectivity index (χ0v) is 15.8. The Morgan fingerprint density at radius 2 is 2.04 bits per heavy atom. The number of nitrogens with zero attached hydrogens (tertiary/aromatic N) is 1. The van der Waals surface area contributed by atoms with Crippen LogP contribution in [-0.4, -0.2) is 40.9 Å². The molecule has 0 saturated carbocycles. The number of hydrogen-bond donors (Lipinski definition) is 1. The number of carbonyl (C=O) groups is 3. The first-order valence-electron chi connectivity index (χ1n) is 8.92. The van der Waals surface area contributed by atoms with Gasteiger partial charge in [0, 0.05) is 17.5 Å². The molecule has 2 aliphatic rings. The van der Waals surface area contributed by atoms with E-state index in [-0.39, 0.29) is 37.0 Å². The van der Waals surface area contributed by atoms with Crippen LogP contribution in [0.4, 0.5) is 0 Å². The van der Waals surface area contributed by atoms with Gasteiger partial charge in [-0.05, 0) is 39.3 Å². The van der Waals surface area contributed by atoms with Crippen LogP contribution < -0.4 is 10.1 Å². The van der Waals surface area contributed by atoms with Crippen molar-refractivity contribution in [2.45, 2.75) is 51.8 Å². The molecule has 3 amide bonds. The summed E-state index contributed by atoms with van der Waals surface area (Å²) in [5.41, 5.74) is 0.882. The molecule has 3 rings (SSSR count). The van der Waals surface area contributed by atoms with Gasteiger partial charge in [0.25, 0.3) is 5.91 Å². The van der Waals surface area contributed by atoms with Crippen LogP contribution >= 0.6 is 0 Å². The number of piperidine rings is 1. The molecule has 1 aromatic carbocycles. The average Bonchev–Trinajstić information content (AvgIpc) is 2.89. The van der Waals surface area contributed by atoms with Gasteiger partial charge >= 0.3 is 0 Å². The molecular weight excluding hydrogens is 348 g/mol. The van der Waals surface area contributed by atoms with Crippen molar-refractivity contribution in [3.8, 4) is 5.75 Å². The van der Waals surface area contributed by atoms with Crippen LogP contribution in [-0.2, 0) is 20.9 Å². The van der Waals surface area contributed by atoms with Crippen molar-refractivity contribution in [2.24, 2.45) is 0 Å². The Hall–Kier alpha value is -2.83. The number of rotatable bonds is 5. The third-order valence-corrected chi connectivity index (χ3v) is 4.38. The Balaban J connectivity index is 1.73. The van der Waals surface area contributed by atoms with Crippen molar-refractivity contribution in [2.75, 3.05) is 6.61 Å². The van der Waals surface area contributed by atoms with Gasteiger partial charge in [-0.15, -0.1) is 0 Å². The molecule has 7 nitrogen and oxygen atoms in total. The van der Waals surface area contributed by atoms with Gasteiger partial charge in [-0.1, -0.05) is 12.6 Å². The van der Waals surface area contributed by atoms with Crippen LogP contribution in [0.25, 0.3) is 0 Å². The quantitative estimate of drug-likeness (QED) is 0.632. The first kappa shape index (κ1) is 18.9. The first-order valence-corrected chi connectivity index (χ1v) is 8.92. The minimum absolute atomic E-state index is 0.167. The van der Waals surface area contributed by atoms with Gasteiger partial charge in [0.15, 0.2) is 0 Å². The molecule has 0 aromatic heterocycles. The van der Waals surface area contributed by atoms with E-state index in [1.807, 2.05) is 20.8 Å². The summed E-state index contributed by atoms with van der Waals surface area (Å²) in [5, 5.41) is 2.30. The second-order valence-corrected chi connectivity index (χ2v) is 7.72. The third kappa shape index (κ3) is 4.13. The molecule has 0 spiro atoms. The third-order valence-electron chi connectivity index (χ3n) is 4.38. The lowest BCUT2D eigenvalue weighted by Crippen LogP contribution is -2.52. The Morgan fingerprint density at radius 1 is 1.30 bits per heavy atom. The van der Waals surface area contributed by atoms with Crippen molar-refractivity contribution in [1.82, 2.24) is 10.2 Å².